The van der Waals surface area contributed by atoms with Gasteiger partial charge < -0.3 is 19.3 Å². The highest BCUT2D eigenvalue weighted by Crippen LogP contribution is 2.29. The van der Waals surface area contributed by atoms with Crippen LogP contribution in [0.25, 0.3) is 0 Å². The summed E-state index contributed by atoms with van der Waals surface area (Å²) in [6.45, 7) is 2.91. The summed E-state index contributed by atoms with van der Waals surface area (Å²) >= 11 is 6.06. The van der Waals surface area contributed by atoms with Crippen LogP contribution in [0.1, 0.15) is 5.56 Å². The van der Waals surface area contributed by atoms with Gasteiger partial charge in [-0.2, -0.15) is 0 Å². The lowest BCUT2D eigenvalue weighted by Gasteiger charge is -2.36. The van der Waals surface area contributed by atoms with Crippen molar-refractivity contribution in [2.45, 2.75) is 6.42 Å². The minimum absolute atomic E-state index is 0.0882. The third-order valence-electron chi connectivity index (χ3n) is 4.64. The molecule has 1 heterocycles. The van der Waals surface area contributed by atoms with Gasteiger partial charge in [0.15, 0.2) is 0 Å². The van der Waals surface area contributed by atoms with E-state index in [4.69, 9.17) is 21.1 Å². The van der Waals surface area contributed by atoms with Crippen LogP contribution in [-0.2, 0) is 11.2 Å². The van der Waals surface area contributed by atoms with Crippen molar-refractivity contribution in [2.24, 2.45) is 0 Å². The van der Waals surface area contributed by atoms with Gasteiger partial charge >= 0.3 is 0 Å². The Balaban J connectivity index is 1.63. The van der Waals surface area contributed by atoms with Crippen LogP contribution >= 0.6 is 11.6 Å². The summed E-state index contributed by atoms with van der Waals surface area (Å²) in [4.78, 5) is 16.8. The van der Waals surface area contributed by atoms with Gasteiger partial charge in [-0.25, -0.2) is 0 Å². The van der Waals surface area contributed by atoms with Gasteiger partial charge in [-0.3, -0.25) is 4.79 Å². The van der Waals surface area contributed by atoms with Crippen LogP contribution in [0.3, 0.4) is 0 Å². The fourth-order valence-electron chi connectivity index (χ4n) is 3.25. The molecule has 0 radical (unpaired) electrons. The molecule has 0 saturated carbocycles. The SMILES string of the molecule is COc1ccc(Cl)cc1CC(=O)N1CCN(c2ccccc2OC)CC1. The largest absolute Gasteiger partial charge is 0.496 e. The predicted molar refractivity (Wildman–Crippen MR) is 103 cm³/mol. The molecule has 0 aliphatic carbocycles. The zero-order chi connectivity index (χ0) is 18.5. The van der Waals surface area contributed by atoms with Gasteiger partial charge in [0, 0.05) is 36.8 Å². The van der Waals surface area contributed by atoms with Crippen molar-refractivity contribution in [1.29, 1.82) is 0 Å². The number of piperazine rings is 1. The summed E-state index contributed by atoms with van der Waals surface area (Å²) in [5, 5.41) is 0.606. The molecular weight excluding hydrogens is 352 g/mol. The predicted octanol–water partition coefficient (Wildman–Crippen LogP) is 3.25. The van der Waals surface area contributed by atoms with Gasteiger partial charge in [0.05, 0.1) is 26.3 Å². The third-order valence-corrected chi connectivity index (χ3v) is 4.88. The number of benzene rings is 2. The summed E-state index contributed by atoms with van der Waals surface area (Å²) in [6.07, 6.45) is 0.290. The summed E-state index contributed by atoms with van der Waals surface area (Å²) in [6, 6.07) is 13.3. The molecule has 0 aromatic heterocycles. The Labute approximate surface area is 159 Å². The van der Waals surface area contributed by atoms with Gasteiger partial charge in [0.25, 0.3) is 0 Å². The van der Waals surface area contributed by atoms with E-state index in [1.54, 1.807) is 32.4 Å². The first kappa shape index (κ1) is 18.4. The number of methoxy groups -OCH3 is 2. The van der Waals surface area contributed by atoms with Crippen molar-refractivity contribution >= 4 is 23.2 Å². The van der Waals surface area contributed by atoms with E-state index in [9.17, 15) is 4.79 Å². The lowest BCUT2D eigenvalue weighted by Crippen LogP contribution is -2.49. The van der Waals surface area contributed by atoms with E-state index in [-0.39, 0.29) is 5.91 Å². The van der Waals surface area contributed by atoms with Crippen molar-refractivity contribution in [3.05, 3.63) is 53.1 Å². The monoisotopic (exact) mass is 374 g/mol. The molecule has 0 N–H and O–H groups in total. The van der Waals surface area contributed by atoms with Crippen LogP contribution in [0.4, 0.5) is 5.69 Å². The van der Waals surface area contributed by atoms with Gasteiger partial charge in [-0.05, 0) is 30.3 Å². The van der Waals surface area contributed by atoms with Gasteiger partial charge in [0.2, 0.25) is 5.91 Å². The first-order valence-electron chi connectivity index (χ1n) is 8.60. The van der Waals surface area contributed by atoms with E-state index in [2.05, 4.69) is 4.90 Å². The van der Waals surface area contributed by atoms with E-state index < -0.39 is 0 Å². The van der Waals surface area contributed by atoms with Crippen molar-refractivity contribution in [2.75, 3.05) is 45.3 Å². The Bertz CT molecular complexity index is 773. The molecule has 0 unspecified atom stereocenters. The maximum absolute atomic E-state index is 12.7. The first-order valence-corrected chi connectivity index (χ1v) is 8.98. The van der Waals surface area contributed by atoms with E-state index in [0.717, 1.165) is 30.1 Å². The van der Waals surface area contributed by atoms with Crippen LogP contribution in [0.5, 0.6) is 11.5 Å². The molecule has 1 aliphatic heterocycles. The summed E-state index contributed by atoms with van der Waals surface area (Å²) in [5.41, 5.74) is 1.88. The molecule has 1 saturated heterocycles. The van der Waals surface area contributed by atoms with Crippen LogP contribution < -0.4 is 14.4 Å². The Hall–Kier alpha value is -2.40. The van der Waals surface area contributed by atoms with E-state index >= 15 is 0 Å². The van der Waals surface area contributed by atoms with Crippen LogP contribution in [0.2, 0.25) is 5.02 Å². The molecule has 0 atom stereocenters. The molecule has 1 aliphatic rings. The van der Waals surface area contributed by atoms with E-state index in [1.807, 2.05) is 29.2 Å². The molecule has 3 rings (SSSR count). The number of ether oxygens (including phenoxy) is 2. The highest BCUT2D eigenvalue weighted by Gasteiger charge is 2.23. The van der Waals surface area contributed by atoms with Crippen molar-refractivity contribution in [3.63, 3.8) is 0 Å². The number of anilines is 1. The highest BCUT2D eigenvalue weighted by atomic mass is 35.5. The zero-order valence-electron chi connectivity index (χ0n) is 15.1. The van der Waals surface area contributed by atoms with Crippen molar-refractivity contribution in [1.82, 2.24) is 4.90 Å². The average molecular weight is 375 g/mol. The van der Waals surface area contributed by atoms with Crippen molar-refractivity contribution in [3.8, 4) is 11.5 Å². The fraction of sp³-hybridized carbons (Fsp3) is 0.350. The smallest absolute Gasteiger partial charge is 0.227 e. The number of carbonyl (C=O) groups is 1. The number of hydrogen-bond donors (Lipinski definition) is 0. The van der Waals surface area contributed by atoms with Gasteiger partial charge in [0.1, 0.15) is 11.5 Å². The van der Waals surface area contributed by atoms with Gasteiger partial charge in [-0.1, -0.05) is 23.7 Å². The topological polar surface area (TPSA) is 42.0 Å². The Morgan fingerprint density at radius 3 is 2.38 bits per heavy atom. The normalized spacial score (nSPS) is 14.3. The summed E-state index contributed by atoms with van der Waals surface area (Å²) in [7, 11) is 3.28. The molecule has 2 aromatic rings. The lowest BCUT2D eigenvalue weighted by molar-refractivity contribution is -0.130. The van der Waals surface area contributed by atoms with Crippen LogP contribution in [-0.4, -0.2) is 51.2 Å². The first-order chi connectivity index (χ1) is 12.6. The molecule has 0 bridgehead atoms. The number of halogens is 1. The fourth-order valence-corrected chi connectivity index (χ4v) is 3.44. The summed E-state index contributed by atoms with van der Waals surface area (Å²) < 4.78 is 10.8. The third kappa shape index (κ3) is 4.05. The lowest BCUT2D eigenvalue weighted by atomic mass is 10.1. The second-order valence-corrected chi connectivity index (χ2v) is 6.61. The maximum Gasteiger partial charge on any atom is 0.227 e. The number of hydrogen-bond acceptors (Lipinski definition) is 4. The molecule has 1 amide bonds. The number of amides is 1. The second kappa shape index (κ2) is 8.32. The van der Waals surface area contributed by atoms with Crippen LogP contribution in [0, 0.1) is 0 Å². The summed E-state index contributed by atoms with van der Waals surface area (Å²) in [5.74, 6) is 1.64. The number of carbonyl (C=O) groups excluding carboxylic acids is 1. The average Bonchev–Trinajstić information content (AvgIpc) is 2.68. The molecule has 6 heteroatoms. The van der Waals surface area contributed by atoms with E-state index in [0.29, 0.717) is 30.3 Å². The molecule has 0 spiro atoms. The van der Waals surface area contributed by atoms with E-state index in [1.165, 1.54) is 0 Å². The Morgan fingerprint density at radius 1 is 1.00 bits per heavy atom. The van der Waals surface area contributed by atoms with Crippen molar-refractivity contribution < 1.29 is 14.3 Å². The van der Waals surface area contributed by atoms with Gasteiger partial charge in [-0.15, -0.1) is 0 Å². The second-order valence-electron chi connectivity index (χ2n) is 6.17. The molecule has 5 nitrogen and oxygen atoms in total. The molecular formula is C20H23ClN2O3. The molecule has 26 heavy (non-hydrogen) atoms. The number of nitrogens with zero attached hydrogens (tertiary/aromatic N) is 2. The quantitative estimate of drug-likeness (QED) is 0.805. The molecule has 138 valence electrons. The molecule has 1 fully saturated rings. The standard InChI is InChI=1S/C20H23ClN2O3/c1-25-18-8-7-16(21)13-15(18)14-20(24)23-11-9-22(10-12-23)17-5-3-4-6-19(17)26-2/h3-8,13H,9-12,14H2,1-2H3. The number of para-hydroxylation sites is 2. The Kier molecular flexibility index (Phi) is 5.89. The Morgan fingerprint density at radius 2 is 1.69 bits per heavy atom. The minimum atomic E-state index is 0.0882. The minimum Gasteiger partial charge on any atom is -0.496 e. The zero-order valence-corrected chi connectivity index (χ0v) is 15.8. The highest BCUT2D eigenvalue weighted by molar-refractivity contribution is 6.30. The number of rotatable bonds is 5. The van der Waals surface area contributed by atoms with Crippen LogP contribution in [0.15, 0.2) is 42.5 Å². The maximum atomic E-state index is 12.7. The molecule has 2 aromatic carbocycles.